The first kappa shape index (κ1) is 11.9. The molecule has 1 aliphatic rings. The number of nitrogens with one attached hydrogen (secondary N) is 1. The first-order valence-electron chi connectivity index (χ1n) is 5.86. The van der Waals surface area contributed by atoms with Gasteiger partial charge in [0, 0.05) is 13.1 Å². The first-order chi connectivity index (χ1) is 8.33. The molecule has 17 heavy (non-hydrogen) atoms. The highest BCUT2D eigenvalue weighted by molar-refractivity contribution is 5.55. The van der Waals surface area contributed by atoms with E-state index in [0.29, 0.717) is 25.6 Å². The SMILES string of the molecule is CCCOc1c(N2CCOCC2)cn[nH]c1=O. The van der Waals surface area contributed by atoms with Crippen molar-refractivity contribution in [3.63, 3.8) is 0 Å². The first-order valence-corrected chi connectivity index (χ1v) is 5.86. The minimum atomic E-state index is -0.276. The van der Waals surface area contributed by atoms with Gasteiger partial charge in [0.1, 0.15) is 5.69 Å². The molecule has 0 atom stereocenters. The van der Waals surface area contributed by atoms with Crippen molar-refractivity contribution < 1.29 is 9.47 Å². The van der Waals surface area contributed by atoms with Crippen molar-refractivity contribution in [2.75, 3.05) is 37.8 Å². The van der Waals surface area contributed by atoms with E-state index in [1.54, 1.807) is 6.20 Å². The second-order valence-electron chi connectivity index (χ2n) is 3.86. The van der Waals surface area contributed by atoms with Crippen molar-refractivity contribution in [2.45, 2.75) is 13.3 Å². The van der Waals surface area contributed by atoms with E-state index in [1.165, 1.54) is 0 Å². The largest absolute Gasteiger partial charge is 0.486 e. The van der Waals surface area contributed by atoms with Crippen molar-refractivity contribution in [2.24, 2.45) is 0 Å². The zero-order valence-corrected chi connectivity index (χ0v) is 9.94. The quantitative estimate of drug-likeness (QED) is 0.823. The van der Waals surface area contributed by atoms with Gasteiger partial charge in [0.15, 0.2) is 0 Å². The fraction of sp³-hybridized carbons (Fsp3) is 0.636. The predicted molar refractivity (Wildman–Crippen MR) is 63.7 cm³/mol. The van der Waals surface area contributed by atoms with E-state index in [-0.39, 0.29) is 5.56 Å². The smallest absolute Gasteiger partial charge is 0.308 e. The minimum absolute atomic E-state index is 0.276. The summed E-state index contributed by atoms with van der Waals surface area (Å²) in [4.78, 5) is 13.8. The summed E-state index contributed by atoms with van der Waals surface area (Å²) in [6.07, 6.45) is 2.50. The molecule has 1 N–H and O–H groups in total. The van der Waals surface area contributed by atoms with Crippen LogP contribution in [0.15, 0.2) is 11.0 Å². The molecule has 1 saturated heterocycles. The van der Waals surface area contributed by atoms with Gasteiger partial charge in [-0.2, -0.15) is 5.10 Å². The number of hydrogen-bond acceptors (Lipinski definition) is 5. The molecule has 6 nitrogen and oxygen atoms in total. The van der Waals surface area contributed by atoms with Crippen LogP contribution in [0.25, 0.3) is 0 Å². The Labute approximate surface area is 99.5 Å². The summed E-state index contributed by atoms with van der Waals surface area (Å²) >= 11 is 0. The lowest BCUT2D eigenvalue weighted by Gasteiger charge is -2.29. The maximum Gasteiger partial charge on any atom is 0.308 e. The summed E-state index contributed by atoms with van der Waals surface area (Å²) in [6, 6.07) is 0. The zero-order chi connectivity index (χ0) is 12.1. The lowest BCUT2D eigenvalue weighted by molar-refractivity contribution is 0.122. The van der Waals surface area contributed by atoms with E-state index in [0.717, 1.165) is 25.2 Å². The van der Waals surface area contributed by atoms with Gasteiger partial charge in [-0.3, -0.25) is 4.79 Å². The van der Waals surface area contributed by atoms with E-state index in [4.69, 9.17) is 9.47 Å². The van der Waals surface area contributed by atoms with Crippen molar-refractivity contribution in [3.05, 3.63) is 16.6 Å². The lowest BCUT2D eigenvalue weighted by atomic mass is 10.3. The molecule has 0 aliphatic carbocycles. The maximum atomic E-state index is 11.7. The number of H-pyrrole nitrogens is 1. The highest BCUT2D eigenvalue weighted by atomic mass is 16.5. The molecule has 0 spiro atoms. The number of rotatable bonds is 4. The van der Waals surface area contributed by atoms with Crippen LogP contribution in [0, 0.1) is 0 Å². The number of ether oxygens (including phenoxy) is 2. The van der Waals surface area contributed by atoms with Gasteiger partial charge in [-0.15, -0.1) is 0 Å². The second-order valence-corrected chi connectivity index (χ2v) is 3.86. The van der Waals surface area contributed by atoms with Crippen LogP contribution in [0.1, 0.15) is 13.3 Å². The topological polar surface area (TPSA) is 67.5 Å². The zero-order valence-electron chi connectivity index (χ0n) is 9.94. The maximum absolute atomic E-state index is 11.7. The Morgan fingerprint density at radius 3 is 3.00 bits per heavy atom. The van der Waals surface area contributed by atoms with Gasteiger partial charge in [0.2, 0.25) is 5.75 Å². The van der Waals surface area contributed by atoms with E-state index >= 15 is 0 Å². The number of aromatic nitrogens is 2. The number of anilines is 1. The molecule has 0 unspecified atom stereocenters. The average molecular weight is 239 g/mol. The Hall–Kier alpha value is -1.56. The molecule has 0 aromatic carbocycles. The molecule has 0 amide bonds. The molecule has 0 bridgehead atoms. The summed E-state index contributed by atoms with van der Waals surface area (Å²) in [5, 5.41) is 6.23. The minimum Gasteiger partial charge on any atom is -0.486 e. The molecule has 94 valence electrons. The van der Waals surface area contributed by atoms with E-state index in [9.17, 15) is 4.79 Å². The average Bonchev–Trinajstić information content (AvgIpc) is 2.38. The van der Waals surface area contributed by atoms with Crippen LogP contribution in [0.2, 0.25) is 0 Å². The van der Waals surface area contributed by atoms with Crippen molar-refractivity contribution >= 4 is 5.69 Å². The van der Waals surface area contributed by atoms with Crippen LogP contribution < -0.4 is 15.2 Å². The number of aromatic amines is 1. The molecule has 2 heterocycles. The van der Waals surface area contributed by atoms with E-state index in [2.05, 4.69) is 15.1 Å². The molecule has 2 rings (SSSR count). The second kappa shape index (κ2) is 5.67. The van der Waals surface area contributed by atoms with E-state index in [1.807, 2.05) is 6.92 Å². The van der Waals surface area contributed by atoms with Gasteiger partial charge in [0.05, 0.1) is 26.0 Å². The van der Waals surface area contributed by atoms with Gasteiger partial charge >= 0.3 is 5.56 Å². The Kier molecular flexibility index (Phi) is 3.98. The Balaban J connectivity index is 2.24. The van der Waals surface area contributed by atoms with Crippen LogP contribution in [-0.4, -0.2) is 43.1 Å². The van der Waals surface area contributed by atoms with Crippen molar-refractivity contribution in [1.29, 1.82) is 0 Å². The lowest BCUT2D eigenvalue weighted by Crippen LogP contribution is -2.37. The Morgan fingerprint density at radius 2 is 2.29 bits per heavy atom. The van der Waals surface area contributed by atoms with Crippen LogP contribution in [0.3, 0.4) is 0 Å². The molecular formula is C11H17N3O3. The van der Waals surface area contributed by atoms with Gasteiger partial charge in [0.25, 0.3) is 0 Å². The summed E-state index contributed by atoms with van der Waals surface area (Å²) in [5.74, 6) is 0.365. The number of nitrogens with zero attached hydrogens (tertiary/aromatic N) is 2. The van der Waals surface area contributed by atoms with Gasteiger partial charge in [-0.25, -0.2) is 5.10 Å². The summed E-state index contributed by atoms with van der Waals surface area (Å²) in [7, 11) is 0. The monoisotopic (exact) mass is 239 g/mol. The number of morpholine rings is 1. The standard InChI is InChI=1S/C11H17N3O3/c1-2-5-17-10-9(8-12-13-11(10)15)14-3-6-16-7-4-14/h8H,2-7H2,1H3,(H,13,15). The molecule has 1 aromatic rings. The predicted octanol–water partition coefficient (Wildman–Crippen LogP) is 0.395. The van der Waals surface area contributed by atoms with Gasteiger partial charge in [-0.05, 0) is 6.42 Å². The highest BCUT2D eigenvalue weighted by Crippen LogP contribution is 2.23. The third-order valence-electron chi connectivity index (χ3n) is 2.59. The highest BCUT2D eigenvalue weighted by Gasteiger charge is 2.18. The number of hydrogen-bond donors (Lipinski definition) is 1. The van der Waals surface area contributed by atoms with Crippen LogP contribution >= 0.6 is 0 Å². The molecule has 1 fully saturated rings. The molecule has 0 saturated carbocycles. The molecule has 1 aliphatic heterocycles. The third-order valence-corrected chi connectivity index (χ3v) is 2.59. The fourth-order valence-corrected chi connectivity index (χ4v) is 1.75. The fourth-order valence-electron chi connectivity index (χ4n) is 1.75. The van der Waals surface area contributed by atoms with Crippen molar-refractivity contribution in [3.8, 4) is 5.75 Å². The molecule has 0 radical (unpaired) electrons. The molecule has 1 aromatic heterocycles. The van der Waals surface area contributed by atoms with Gasteiger partial charge < -0.3 is 14.4 Å². The van der Waals surface area contributed by atoms with Crippen LogP contribution in [-0.2, 0) is 4.74 Å². The summed E-state index contributed by atoms with van der Waals surface area (Å²) < 4.78 is 10.8. The van der Waals surface area contributed by atoms with Crippen LogP contribution in [0.5, 0.6) is 5.75 Å². The van der Waals surface area contributed by atoms with Crippen LogP contribution in [0.4, 0.5) is 5.69 Å². The van der Waals surface area contributed by atoms with E-state index < -0.39 is 0 Å². The van der Waals surface area contributed by atoms with Crippen molar-refractivity contribution in [1.82, 2.24) is 10.2 Å². The normalized spacial score (nSPS) is 15.9. The molecule has 6 heteroatoms. The third kappa shape index (κ3) is 2.76. The Bertz CT molecular complexity index is 413. The Morgan fingerprint density at radius 1 is 1.53 bits per heavy atom. The molecular weight excluding hydrogens is 222 g/mol. The van der Waals surface area contributed by atoms with Gasteiger partial charge in [-0.1, -0.05) is 6.92 Å². The summed E-state index contributed by atoms with van der Waals surface area (Å²) in [5.41, 5.74) is 0.480. The summed E-state index contributed by atoms with van der Waals surface area (Å²) in [6.45, 7) is 5.38.